The van der Waals surface area contributed by atoms with Gasteiger partial charge in [-0.25, -0.2) is 0 Å². The summed E-state index contributed by atoms with van der Waals surface area (Å²) >= 11 is 12.6. The van der Waals surface area contributed by atoms with Gasteiger partial charge in [0, 0.05) is 59.1 Å². The molecule has 0 spiro atoms. The second-order valence-corrected chi connectivity index (χ2v) is 12.0. The van der Waals surface area contributed by atoms with Crippen LogP contribution in [0.4, 0.5) is 0 Å². The van der Waals surface area contributed by atoms with Crippen LogP contribution in [0.25, 0.3) is 0 Å². The number of aromatic nitrogens is 1. The Morgan fingerprint density at radius 3 is 2.33 bits per heavy atom. The molecule has 1 aromatic carbocycles. The molecule has 2 aliphatic heterocycles. The predicted octanol–water partition coefficient (Wildman–Crippen LogP) is 5.04. The Morgan fingerprint density at radius 2 is 1.72 bits per heavy atom. The summed E-state index contributed by atoms with van der Waals surface area (Å²) in [5.41, 5.74) is 1.25. The molecule has 1 unspecified atom stereocenters. The minimum absolute atomic E-state index is 0.0559. The summed E-state index contributed by atoms with van der Waals surface area (Å²) in [4.78, 5) is 39.1. The lowest BCUT2D eigenvalue weighted by Crippen LogP contribution is -2.64. The summed E-state index contributed by atoms with van der Waals surface area (Å²) in [5, 5.41) is 1.04. The van der Waals surface area contributed by atoms with Crippen LogP contribution < -0.4 is 0 Å². The lowest BCUT2D eigenvalue weighted by Gasteiger charge is -2.50. The highest BCUT2D eigenvalue weighted by Crippen LogP contribution is 2.34. The first-order valence-corrected chi connectivity index (χ1v) is 14.8. The first-order chi connectivity index (χ1) is 18.7. The van der Waals surface area contributed by atoms with Crippen LogP contribution in [0, 0.1) is 0 Å². The van der Waals surface area contributed by atoms with Crippen molar-refractivity contribution in [1.82, 2.24) is 24.6 Å². The summed E-state index contributed by atoms with van der Waals surface area (Å²) in [6.07, 6.45) is 9.42. The Morgan fingerprint density at radius 1 is 1.00 bits per heavy atom. The quantitative estimate of drug-likeness (QED) is 0.420. The summed E-state index contributed by atoms with van der Waals surface area (Å²) in [7, 11) is 5.59. The molecular formula is C30H41Cl2N5O2. The fourth-order valence-electron chi connectivity index (χ4n) is 6.14. The molecule has 3 heterocycles. The minimum Gasteiger partial charge on any atom is -0.347 e. The highest BCUT2D eigenvalue weighted by atomic mass is 35.5. The second-order valence-electron chi connectivity index (χ2n) is 11.2. The maximum atomic E-state index is 13.4. The van der Waals surface area contributed by atoms with Crippen LogP contribution in [0.3, 0.4) is 0 Å². The zero-order valence-electron chi connectivity index (χ0n) is 23.4. The highest BCUT2D eigenvalue weighted by Gasteiger charge is 2.47. The van der Waals surface area contributed by atoms with Crippen molar-refractivity contribution in [3.8, 4) is 0 Å². The third-order valence-corrected chi connectivity index (χ3v) is 9.15. The van der Waals surface area contributed by atoms with E-state index in [1.165, 1.54) is 19.3 Å². The van der Waals surface area contributed by atoms with Gasteiger partial charge in [-0.2, -0.15) is 0 Å². The predicted molar refractivity (Wildman–Crippen MR) is 158 cm³/mol. The Bertz CT molecular complexity index is 1120. The average molecular weight is 575 g/mol. The molecule has 212 valence electrons. The maximum Gasteiger partial charge on any atom is 0.255 e. The first-order valence-electron chi connectivity index (χ1n) is 14.0. The molecule has 2 aromatic rings. The number of carbonyl (C=O) groups excluding carboxylic acids is 2. The fourth-order valence-corrected chi connectivity index (χ4v) is 6.45. The second kappa shape index (κ2) is 13.4. The summed E-state index contributed by atoms with van der Waals surface area (Å²) in [5.74, 6) is 0.274. The van der Waals surface area contributed by atoms with E-state index in [0.29, 0.717) is 22.2 Å². The van der Waals surface area contributed by atoms with Crippen LogP contribution in [-0.4, -0.2) is 102 Å². The minimum atomic E-state index is -0.389. The van der Waals surface area contributed by atoms with Crippen LogP contribution in [-0.2, 0) is 4.79 Å². The molecule has 4 rings (SSSR count). The lowest BCUT2D eigenvalue weighted by molar-refractivity contribution is -0.147. The third kappa shape index (κ3) is 7.12. The zero-order valence-corrected chi connectivity index (χ0v) is 24.9. The van der Waals surface area contributed by atoms with Gasteiger partial charge in [0.2, 0.25) is 5.91 Å². The van der Waals surface area contributed by atoms with Crippen LogP contribution in [0.5, 0.6) is 0 Å². The van der Waals surface area contributed by atoms with Gasteiger partial charge in [0.05, 0.1) is 15.6 Å². The summed E-state index contributed by atoms with van der Waals surface area (Å²) in [6, 6.07) is 9.32. The van der Waals surface area contributed by atoms with Crippen LogP contribution in [0.1, 0.15) is 60.4 Å². The van der Waals surface area contributed by atoms with Crippen LogP contribution in [0.2, 0.25) is 10.0 Å². The van der Waals surface area contributed by atoms with Crippen molar-refractivity contribution in [3.63, 3.8) is 0 Å². The van der Waals surface area contributed by atoms with E-state index in [1.807, 2.05) is 39.3 Å². The van der Waals surface area contributed by atoms with Gasteiger partial charge in [0.25, 0.3) is 5.91 Å². The number of halogens is 2. The Hall–Kier alpha value is -2.19. The standard InChI is InChI=1S/C30H41Cl2N5O2/c1-34(2)29(39)30(37-15-5-4-6-16-37)12-18-36(19-13-30)17-11-25(23-9-10-26(31)27(32)20-23)22-35(3)28(38)24-8-7-14-33-21-24/h7-10,14,20-21,25H,4-6,11-13,15-19,22H2,1-3H3. The van der Waals surface area contributed by atoms with E-state index in [2.05, 4.69) is 14.8 Å². The molecule has 39 heavy (non-hydrogen) atoms. The SMILES string of the molecule is CN(C)C(=O)C1(N2CCCCC2)CCN(CCC(CN(C)C(=O)c2cccnc2)c2ccc(Cl)c(Cl)c2)CC1. The number of likely N-dealkylation sites (tertiary alicyclic amines) is 2. The third-order valence-electron chi connectivity index (χ3n) is 8.41. The van der Waals surface area contributed by atoms with Crippen molar-refractivity contribution in [3.05, 3.63) is 63.9 Å². The van der Waals surface area contributed by atoms with Crippen LogP contribution in [0.15, 0.2) is 42.7 Å². The Labute approximate surface area is 243 Å². The molecule has 0 bridgehead atoms. The number of likely N-dealkylation sites (N-methyl/N-ethyl adjacent to an activating group) is 2. The molecule has 0 aliphatic carbocycles. The van der Waals surface area contributed by atoms with Crippen molar-refractivity contribution >= 4 is 35.0 Å². The van der Waals surface area contributed by atoms with Gasteiger partial charge < -0.3 is 14.7 Å². The van der Waals surface area contributed by atoms with Gasteiger partial charge in [-0.15, -0.1) is 0 Å². The molecule has 2 fully saturated rings. The van der Waals surface area contributed by atoms with Gasteiger partial charge in [0.15, 0.2) is 0 Å². The molecule has 0 N–H and O–H groups in total. The largest absolute Gasteiger partial charge is 0.347 e. The highest BCUT2D eigenvalue weighted by molar-refractivity contribution is 6.42. The number of nitrogens with zero attached hydrogens (tertiary/aromatic N) is 5. The zero-order chi connectivity index (χ0) is 28.0. The van der Waals surface area contributed by atoms with Gasteiger partial charge in [-0.1, -0.05) is 35.7 Å². The molecular weight excluding hydrogens is 533 g/mol. The van der Waals surface area contributed by atoms with Gasteiger partial charge in [-0.3, -0.25) is 19.5 Å². The molecule has 1 atom stereocenters. The lowest BCUT2D eigenvalue weighted by atomic mass is 9.82. The number of hydrogen-bond acceptors (Lipinski definition) is 5. The topological polar surface area (TPSA) is 60.0 Å². The number of hydrogen-bond donors (Lipinski definition) is 0. The number of benzene rings is 1. The van der Waals surface area contributed by atoms with Gasteiger partial charge >= 0.3 is 0 Å². The Kier molecular flexibility index (Phi) is 10.3. The molecule has 1 aromatic heterocycles. The van der Waals surface area contributed by atoms with Crippen molar-refractivity contribution in [1.29, 1.82) is 0 Å². The fraction of sp³-hybridized carbons (Fsp3) is 0.567. The van der Waals surface area contributed by atoms with E-state index in [9.17, 15) is 9.59 Å². The molecule has 2 aliphatic rings. The smallest absolute Gasteiger partial charge is 0.255 e. The molecule has 2 saturated heterocycles. The normalized spacial score (nSPS) is 18.9. The van der Waals surface area contributed by atoms with E-state index >= 15 is 0 Å². The number of carbonyl (C=O) groups is 2. The monoisotopic (exact) mass is 573 g/mol. The van der Waals surface area contributed by atoms with Gasteiger partial charge in [0.1, 0.15) is 5.54 Å². The molecule has 2 amide bonds. The number of amides is 2. The van der Waals surface area contributed by atoms with Crippen molar-refractivity contribution in [2.24, 2.45) is 0 Å². The molecule has 0 saturated carbocycles. The van der Waals surface area contributed by atoms with E-state index in [1.54, 1.807) is 34.3 Å². The Balaban J connectivity index is 1.44. The number of rotatable bonds is 9. The molecule has 9 heteroatoms. The van der Waals surface area contributed by atoms with Crippen molar-refractivity contribution < 1.29 is 9.59 Å². The first kappa shape index (κ1) is 29.8. The van der Waals surface area contributed by atoms with Gasteiger partial charge in [-0.05, 0) is 81.6 Å². The van der Waals surface area contributed by atoms with E-state index in [4.69, 9.17) is 23.2 Å². The number of piperidine rings is 2. The summed E-state index contributed by atoms with van der Waals surface area (Å²) < 4.78 is 0. The maximum absolute atomic E-state index is 13.4. The molecule has 7 nitrogen and oxygen atoms in total. The average Bonchev–Trinajstić information content (AvgIpc) is 2.97. The van der Waals surface area contributed by atoms with Crippen molar-refractivity contribution in [2.75, 3.05) is 60.4 Å². The van der Waals surface area contributed by atoms with Crippen molar-refractivity contribution in [2.45, 2.75) is 50.0 Å². The molecule has 0 radical (unpaired) electrons. The summed E-state index contributed by atoms with van der Waals surface area (Å²) in [6.45, 7) is 5.22. The number of pyridine rings is 1. The van der Waals surface area contributed by atoms with E-state index in [-0.39, 0.29) is 23.3 Å². The van der Waals surface area contributed by atoms with Crippen LogP contribution >= 0.6 is 23.2 Å². The van der Waals surface area contributed by atoms with E-state index in [0.717, 1.165) is 57.5 Å². The van der Waals surface area contributed by atoms with E-state index < -0.39 is 0 Å².